The topological polar surface area (TPSA) is 66.5 Å². The average Bonchev–Trinajstić information content (AvgIpc) is 2.54. The zero-order valence-corrected chi connectivity index (χ0v) is 19.2. The van der Waals surface area contributed by atoms with Crippen molar-refractivity contribution in [1.82, 2.24) is 4.72 Å². The Bertz CT molecular complexity index is 964. The molecule has 3 rings (SSSR count). The standard InChI is InChI=1S/C19H20Br2N2O3S/c1-12(24)22-27(25,26)9-8-23-17-6-4-13(20)10-15(17)19(2,3)16-11-14(21)5-7-18(16)23/h4-7,10-11H,8-9H2,1-3H3,(H,22,24). The van der Waals surface area contributed by atoms with E-state index in [0.717, 1.165) is 31.4 Å². The molecule has 2 aromatic carbocycles. The van der Waals surface area contributed by atoms with Gasteiger partial charge in [-0.15, -0.1) is 0 Å². The van der Waals surface area contributed by atoms with Crippen LogP contribution in [0, 0.1) is 0 Å². The van der Waals surface area contributed by atoms with Gasteiger partial charge in [0.2, 0.25) is 15.9 Å². The molecule has 5 nitrogen and oxygen atoms in total. The summed E-state index contributed by atoms with van der Waals surface area (Å²) in [5.74, 6) is -0.763. The molecule has 0 aromatic heterocycles. The van der Waals surface area contributed by atoms with Crippen LogP contribution in [-0.4, -0.2) is 26.6 Å². The van der Waals surface area contributed by atoms with Gasteiger partial charge in [-0.05, 0) is 47.5 Å². The van der Waals surface area contributed by atoms with Gasteiger partial charge in [0, 0.05) is 39.2 Å². The van der Waals surface area contributed by atoms with E-state index in [-0.39, 0.29) is 17.7 Å². The van der Waals surface area contributed by atoms with Crippen molar-refractivity contribution in [1.29, 1.82) is 0 Å². The number of fused-ring (bicyclic) bond motifs is 2. The number of rotatable bonds is 4. The van der Waals surface area contributed by atoms with Gasteiger partial charge in [-0.2, -0.15) is 0 Å². The number of amides is 1. The van der Waals surface area contributed by atoms with E-state index in [1.807, 2.05) is 33.9 Å². The van der Waals surface area contributed by atoms with Crippen LogP contribution in [0.5, 0.6) is 0 Å². The van der Waals surface area contributed by atoms with Crippen molar-refractivity contribution in [2.45, 2.75) is 26.2 Å². The van der Waals surface area contributed by atoms with E-state index < -0.39 is 15.9 Å². The van der Waals surface area contributed by atoms with Crippen molar-refractivity contribution >= 4 is 59.2 Å². The van der Waals surface area contributed by atoms with Gasteiger partial charge in [0.15, 0.2) is 0 Å². The molecule has 0 aliphatic carbocycles. The van der Waals surface area contributed by atoms with Crippen LogP contribution in [0.25, 0.3) is 0 Å². The van der Waals surface area contributed by atoms with Gasteiger partial charge in [0.1, 0.15) is 0 Å². The minimum Gasteiger partial charge on any atom is -0.340 e. The van der Waals surface area contributed by atoms with Crippen molar-refractivity contribution in [2.24, 2.45) is 0 Å². The molecule has 1 amide bonds. The van der Waals surface area contributed by atoms with E-state index in [1.54, 1.807) is 0 Å². The number of sulfonamides is 1. The number of hydrogen-bond donors (Lipinski definition) is 1. The summed E-state index contributed by atoms with van der Waals surface area (Å²) in [6.45, 7) is 5.76. The van der Waals surface area contributed by atoms with Gasteiger partial charge in [-0.1, -0.05) is 45.7 Å². The summed E-state index contributed by atoms with van der Waals surface area (Å²) < 4.78 is 28.3. The summed E-state index contributed by atoms with van der Waals surface area (Å²) in [6, 6.07) is 12.1. The Hall–Kier alpha value is -1.38. The van der Waals surface area contributed by atoms with E-state index >= 15 is 0 Å². The highest BCUT2D eigenvalue weighted by Gasteiger charge is 2.36. The highest BCUT2D eigenvalue weighted by atomic mass is 79.9. The second-order valence-electron chi connectivity index (χ2n) is 7.08. The molecule has 1 N–H and O–H groups in total. The maximum absolute atomic E-state index is 12.2. The lowest BCUT2D eigenvalue weighted by molar-refractivity contribution is -0.117. The van der Waals surface area contributed by atoms with E-state index in [9.17, 15) is 13.2 Å². The third-order valence-electron chi connectivity index (χ3n) is 4.73. The molecule has 0 saturated heterocycles. The van der Waals surface area contributed by atoms with Crippen LogP contribution in [0.4, 0.5) is 11.4 Å². The first-order chi connectivity index (χ1) is 12.5. The predicted octanol–water partition coefficient (Wildman–Crippen LogP) is 4.45. The molecule has 0 bridgehead atoms. The Kier molecular flexibility index (Phi) is 5.44. The number of anilines is 2. The van der Waals surface area contributed by atoms with Crippen molar-refractivity contribution in [3.63, 3.8) is 0 Å². The fraction of sp³-hybridized carbons (Fsp3) is 0.316. The van der Waals surface area contributed by atoms with Gasteiger partial charge in [0.05, 0.1) is 5.75 Å². The third-order valence-corrected chi connectivity index (χ3v) is 7.03. The molecule has 144 valence electrons. The van der Waals surface area contributed by atoms with Crippen molar-refractivity contribution in [3.05, 3.63) is 56.5 Å². The lowest BCUT2D eigenvalue weighted by atomic mass is 9.74. The summed E-state index contributed by atoms with van der Waals surface area (Å²) in [7, 11) is -3.69. The van der Waals surface area contributed by atoms with Crippen LogP contribution in [0.3, 0.4) is 0 Å². The van der Waals surface area contributed by atoms with Gasteiger partial charge in [-0.25, -0.2) is 8.42 Å². The molecule has 8 heteroatoms. The molecule has 27 heavy (non-hydrogen) atoms. The SMILES string of the molecule is CC(=O)NS(=O)(=O)CCN1c2ccc(Br)cc2C(C)(C)c2cc(Br)ccc21. The van der Waals surface area contributed by atoms with Crippen LogP contribution < -0.4 is 9.62 Å². The fourth-order valence-electron chi connectivity index (χ4n) is 3.49. The van der Waals surface area contributed by atoms with E-state index in [1.165, 1.54) is 6.92 Å². The summed E-state index contributed by atoms with van der Waals surface area (Å²) in [5, 5.41) is 0. The summed E-state index contributed by atoms with van der Waals surface area (Å²) in [4.78, 5) is 13.2. The summed E-state index contributed by atoms with van der Waals surface area (Å²) in [5.41, 5.74) is 3.91. The Labute approximate surface area is 176 Å². The Balaban J connectivity index is 2.09. The largest absolute Gasteiger partial charge is 0.340 e. The molecule has 0 spiro atoms. The molecule has 2 aromatic rings. The zero-order chi connectivity index (χ0) is 20.0. The summed E-state index contributed by atoms with van der Waals surface area (Å²) in [6.07, 6.45) is 0. The molecule has 0 fully saturated rings. The first-order valence-electron chi connectivity index (χ1n) is 8.40. The molecule has 0 atom stereocenters. The lowest BCUT2D eigenvalue weighted by Gasteiger charge is -2.42. The Morgan fingerprint density at radius 2 is 1.52 bits per heavy atom. The van der Waals surface area contributed by atoms with E-state index in [4.69, 9.17) is 0 Å². The number of carbonyl (C=O) groups is 1. The van der Waals surface area contributed by atoms with Crippen LogP contribution in [-0.2, 0) is 20.2 Å². The molecular formula is C19H20Br2N2O3S. The van der Waals surface area contributed by atoms with Gasteiger partial charge < -0.3 is 4.90 Å². The fourth-order valence-corrected chi connectivity index (χ4v) is 5.17. The monoisotopic (exact) mass is 514 g/mol. The zero-order valence-electron chi connectivity index (χ0n) is 15.2. The number of nitrogens with one attached hydrogen (secondary N) is 1. The third kappa shape index (κ3) is 4.07. The minimum atomic E-state index is -3.69. The molecule has 1 aliphatic heterocycles. The maximum Gasteiger partial charge on any atom is 0.236 e. The molecule has 1 heterocycles. The van der Waals surface area contributed by atoms with Crippen molar-refractivity contribution in [2.75, 3.05) is 17.2 Å². The van der Waals surface area contributed by atoms with E-state index in [0.29, 0.717) is 0 Å². The second kappa shape index (κ2) is 7.22. The summed E-state index contributed by atoms with van der Waals surface area (Å²) >= 11 is 7.09. The number of benzene rings is 2. The molecule has 0 saturated carbocycles. The minimum absolute atomic E-state index is 0.183. The van der Waals surface area contributed by atoms with Crippen LogP contribution in [0.15, 0.2) is 45.3 Å². The van der Waals surface area contributed by atoms with Gasteiger partial charge in [-0.3, -0.25) is 9.52 Å². The van der Waals surface area contributed by atoms with Crippen LogP contribution in [0.1, 0.15) is 31.9 Å². The highest BCUT2D eigenvalue weighted by molar-refractivity contribution is 9.10. The number of nitrogens with zero attached hydrogens (tertiary/aromatic N) is 1. The first kappa shape index (κ1) is 20.4. The number of carbonyl (C=O) groups excluding carboxylic acids is 1. The van der Waals surface area contributed by atoms with Crippen molar-refractivity contribution < 1.29 is 13.2 Å². The lowest BCUT2D eigenvalue weighted by Crippen LogP contribution is -2.38. The van der Waals surface area contributed by atoms with Crippen LogP contribution in [0.2, 0.25) is 0 Å². The number of halogens is 2. The highest BCUT2D eigenvalue weighted by Crippen LogP contribution is 2.50. The Morgan fingerprint density at radius 1 is 1.04 bits per heavy atom. The quantitative estimate of drug-likeness (QED) is 0.653. The predicted molar refractivity (Wildman–Crippen MR) is 115 cm³/mol. The molecule has 1 aliphatic rings. The first-order valence-corrected chi connectivity index (χ1v) is 11.6. The number of hydrogen-bond acceptors (Lipinski definition) is 4. The molecule has 0 unspecified atom stereocenters. The van der Waals surface area contributed by atoms with Gasteiger partial charge in [0.25, 0.3) is 0 Å². The maximum atomic E-state index is 12.2. The average molecular weight is 516 g/mol. The normalized spacial score (nSPS) is 15.1. The second-order valence-corrected chi connectivity index (χ2v) is 10.7. The van der Waals surface area contributed by atoms with Crippen LogP contribution >= 0.6 is 31.9 Å². The smallest absolute Gasteiger partial charge is 0.236 e. The molecule has 0 radical (unpaired) electrons. The van der Waals surface area contributed by atoms with E-state index in [2.05, 4.69) is 57.8 Å². The van der Waals surface area contributed by atoms with Gasteiger partial charge >= 0.3 is 0 Å². The Morgan fingerprint density at radius 3 is 1.96 bits per heavy atom. The molecular weight excluding hydrogens is 496 g/mol. The van der Waals surface area contributed by atoms with Crippen molar-refractivity contribution in [3.8, 4) is 0 Å².